The maximum absolute atomic E-state index is 12.9. The first kappa shape index (κ1) is 18.4. The summed E-state index contributed by atoms with van der Waals surface area (Å²) in [5.74, 6) is -1.91. The first-order valence-corrected chi connectivity index (χ1v) is 9.27. The summed E-state index contributed by atoms with van der Waals surface area (Å²) < 4.78 is 0.926. The number of aryl methyl sites for hydroxylation is 1. The van der Waals surface area contributed by atoms with E-state index in [1.165, 1.54) is 11.1 Å². The van der Waals surface area contributed by atoms with E-state index in [1.54, 1.807) is 12.1 Å². The van der Waals surface area contributed by atoms with Crippen LogP contribution in [0.3, 0.4) is 0 Å². The molecule has 0 aromatic heterocycles. The van der Waals surface area contributed by atoms with Gasteiger partial charge in [0, 0.05) is 10.7 Å². The highest BCUT2D eigenvalue weighted by molar-refractivity contribution is 9.10. The predicted octanol–water partition coefficient (Wildman–Crippen LogP) is 3.78. The monoisotopic (exact) mass is 429 g/mol. The first-order chi connectivity index (χ1) is 12.5. The number of thiocarbonyl (C=S) groups is 1. The third-order valence-electron chi connectivity index (χ3n) is 4.00. The van der Waals surface area contributed by atoms with Gasteiger partial charge in [-0.05, 0) is 60.6 Å². The van der Waals surface area contributed by atoms with Crippen molar-refractivity contribution >= 4 is 62.7 Å². The fourth-order valence-electron chi connectivity index (χ4n) is 2.53. The van der Waals surface area contributed by atoms with Crippen molar-refractivity contribution < 1.29 is 9.59 Å². The minimum atomic E-state index is -1.03. The number of nitrogens with one attached hydrogen (secondary N) is 1. The molecule has 132 valence electrons. The highest BCUT2D eigenvalue weighted by Gasteiger charge is 2.38. The number of amides is 2. The highest BCUT2D eigenvalue weighted by atomic mass is 79.9. The molecule has 5 nitrogen and oxygen atoms in total. The molecule has 2 amide bonds. The van der Waals surface area contributed by atoms with Crippen LogP contribution in [0.4, 0.5) is 11.4 Å². The summed E-state index contributed by atoms with van der Waals surface area (Å²) in [6.45, 7) is 2.06. The number of anilines is 1. The average molecular weight is 430 g/mol. The van der Waals surface area contributed by atoms with Crippen LogP contribution in [0.1, 0.15) is 12.5 Å². The maximum atomic E-state index is 12.9. The van der Waals surface area contributed by atoms with Gasteiger partial charge in [0.2, 0.25) is 5.91 Å². The van der Waals surface area contributed by atoms with Crippen molar-refractivity contribution in [2.75, 3.05) is 4.90 Å². The molecule has 1 fully saturated rings. The van der Waals surface area contributed by atoms with E-state index in [0.717, 1.165) is 16.5 Å². The highest BCUT2D eigenvalue weighted by Crippen LogP contribution is 2.22. The molecule has 26 heavy (non-hydrogen) atoms. The molecule has 2 aromatic rings. The summed E-state index contributed by atoms with van der Waals surface area (Å²) in [6, 6.07) is 14.8. The van der Waals surface area contributed by atoms with Gasteiger partial charge in [-0.25, -0.2) is 0 Å². The van der Waals surface area contributed by atoms with E-state index < -0.39 is 17.7 Å². The van der Waals surface area contributed by atoms with Crippen molar-refractivity contribution in [3.05, 3.63) is 58.6 Å². The number of hydrogen-bond acceptors (Lipinski definition) is 4. The van der Waals surface area contributed by atoms with Crippen LogP contribution in [0.15, 0.2) is 58.0 Å². The third-order valence-corrected chi connectivity index (χ3v) is 4.82. The molecule has 1 aliphatic rings. The van der Waals surface area contributed by atoms with E-state index in [9.17, 15) is 9.59 Å². The number of rotatable bonds is 4. The van der Waals surface area contributed by atoms with Gasteiger partial charge in [0.05, 0.1) is 11.4 Å². The summed E-state index contributed by atoms with van der Waals surface area (Å²) in [5.41, 5.74) is 2.43. The van der Waals surface area contributed by atoms with E-state index in [1.807, 2.05) is 36.4 Å². The molecule has 0 radical (unpaired) electrons. The molecular formula is C19H16BrN3O2S. The van der Waals surface area contributed by atoms with Crippen LogP contribution in [0.25, 0.3) is 0 Å². The van der Waals surface area contributed by atoms with Gasteiger partial charge in [-0.15, -0.1) is 0 Å². The van der Waals surface area contributed by atoms with Gasteiger partial charge in [-0.2, -0.15) is 0 Å². The number of hydrogen-bond donors (Lipinski definition) is 1. The predicted molar refractivity (Wildman–Crippen MR) is 110 cm³/mol. The Labute approximate surface area is 165 Å². The fraction of sp³-hybridized carbons (Fsp3) is 0.158. The van der Waals surface area contributed by atoms with E-state index in [0.29, 0.717) is 11.4 Å². The van der Waals surface area contributed by atoms with E-state index >= 15 is 0 Å². The lowest BCUT2D eigenvalue weighted by Crippen LogP contribution is -2.58. The summed E-state index contributed by atoms with van der Waals surface area (Å²) in [4.78, 5) is 30.7. The average Bonchev–Trinajstić information content (AvgIpc) is 2.63. The lowest BCUT2D eigenvalue weighted by molar-refractivity contribution is -0.130. The zero-order valence-electron chi connectivity index (χ0n) is 14.0. The van der Waals surface area contributed by atoms with Gasteiger partial charge < -0.3 is 5.32 Å². The topological polar surface area (TPSA) is 61.8 Å². The van der Waals surface area contributed by atoms with Crippen LogP contribution >= 0.6 is 28.1 Å². The van der Waals surface area contributed by atoms with Gasteiger partial charge in [-0.3, -0.25) is 19.5 Å². The Balaban J connectivity index is 1.86. The quantitative estimate of drug-likeness (QED) is 0.456. The standard InChI is InChI=1S/C19H16BrN3O2S/c1-2-12-3-9-15(10-4-12)23-18(25)16(17(24)22-19(23)26)11-21-14-7-5-13(20)6-8-14/h3-11,16H,2H2,1H3,(H,22,24,26)/t16-/m0/s1. The molecule has 1 N–H and O–H groups in total. The summed E-state index contributed by atoms with van der Waals surface area (Å²) in [6.07, 6.45) is 2.26. The first-order valence-electron chi connectivity index (χ1n) is 8.07. The smallest absolute Gasteiger partial charge is 0.251 e. The van der Waals surface area contributed by atoms with Gasteiger partial charge >= 0.3 is 0 Å². The molecule has 0 aliphatic carbocycles. The molecule has 1 aliphatic heterocycles. The zero-order valence-corrected chi connectivity index (χ0v) is 16.4. The molecule has 7 heteroatoms. The van der Waals surface area contributed by atoms with Gasteiger partial charge in [0.25, 0.3) is 5.91 Å². The van der Waals surface area contributed by atoms with Crippen molar-refractivity contribution in [1.82, 2.24) is 5.32 Å². The Morgan fingerprint density at radius 1 is 1.15 bits per heavy atom. The minimum absolute atomic E-state index is 0.0811. The van der Waals surface area contributed by atoms with Crippen LogP contribution in [-0.4, -0.2) is 23.1 Å². The van der Waals surface area contributed by atoms with Gasteiger partial charge in [0.1, 0.15) is 0 Å². The number of aliphatic imine (C=N–C) groups is 1. The Bertz CT molecular complexity index is 879. The Morgan fingerprint density at radius 3 is 2.42 bits per heavy atom. The lowest BCUT2D eigenvalue weighted by atomic mass is 10.1. The van der Waals surface area contributed by atoms with Crippen molar-refractivity contribution in [3.63, 3.8) is 0 Å². The summed E-state index contributed by atoms with van der Waals surface area (Å²) in [5, 5.41) is 2.66. The minimum Gasteiger partial charge on any atom is -0.301 e. The molecule has 0 saturated carbocycles. The van der Waals surface area contributed by atoms with Crippen LogP contribution in [-0.2, 0) is 16.0 Å². The molecule has 0 bridgehead atoms. The van der Waals surface area contributed by atoms with Crippen LogP contribution in [0.2, 0.25) is 0 Å². The number of benzene rings is 2. The van der Waals surface area contributed by atoms with Gasteiger partial charge in [0.15, 0.2) is 11.0 Å². The molecular weight excluding hydrogens is 414 g/mol. The number of carbonyl (C=O) groups is 2. The van der Waals surface area contributed by atoms with Gasteiger partial charge in [-0.1, -0.05) is 35.0 Å². The van der Waals surface area contributed by atoms with Crippen molar-refractivity contribution in [2.24, 2.45) is 10.9 Å². The Hall–Kier alpha value is -2.38. The Morgan fingerprint density at radius 2 is 1.81 bits per heavy atom. The molecule has 1 heterocycles. The molecule has 1 saturated heterocycles. The van der Waals surface area contributed by atoms with Crippen molar-refractivity contribution in [3.8, 4) is 0 Å². The molecule has 0 unspecified atom stereocenters. The second kappa shape index (κ2) is 7.88. The third kappa shape index (κ3) is 3.89. The van der Waals surface area contributed by atoms with E-state index in [4.69, 9.17) is 12.2 Å². The second-order valence-electron chi connectivity index (χ2n) is 5.72. The Kier molecular flexibility index (Phi) is 5.58. The normalized spacial score (nSPS) is 17.7. The van der Waals surface area contributed by atoms with Crippen LogP contribution in [0.5, 0.6) is 0 Å². The fourth-order valence-corrected chi connectivity index (χ4v) is 3.10. The zero-order chi connectivity index (χ0) is 18.7. The molecule has 1 atom stereocenters. The summed E-state index contributed by atoms with van der Waals surface area (Å²) >= 11 is 8.54. The molecule has 0 spiro atoms. The van der Waals surface area contributed by atoms with Crippen molar-refractivity contribution in [2.45, 2.75) is 13.3 Å². The molecule has 3 rings (SSSR count). The van der Waals surface area contributed by atoms with Crippen LogP contribution < -0.4 is 10.2 Å². The number of carbonyl (C=O) groups excluding carboxylic acids is 2. The maximum Gasteiger partial charge on any atom is 0.251 e. The number of nitrogens with zero attached hydrogens (tertiary/aromatic N) is 2. The van der Waals surface area contributed by atoms with E-state index in [2.05, 4.69) is 33.2 Å². The number of halogens is 1. The van der Waals surface area contributed by atoms with Crippen LogP contribution in [0, 0.1) is 5.92 Å². The SMILES string of the molecule is CCc1ccc(N2C(=O)[C@@H](C=Nc3ccc(Br)cc3)C(=O)NC2=S)cc1. The second-order valence-corrected chi connectivity index (χ2v) is 7.02. The van der Waals surface area contributed by atoms with Crippen molar-refractivity contribution in [1.29, 1.82) is 0 Å². The lowest BCUT2D eigenvalue weighted by Gasteiger charge is -2.31. The van der Waals surface area contributed by atoms with E-state index in [-0.39, 0.29) is 5.11 Å². The summed E-state index contributed by atoms with van der Waals surface area (Å²) in [7, 11) is 0. The largest absolute Gasteiger partial charge is 0.301 e. The molecule has 2 aromatic carbocycles.